The lowest BCUT2D eigenvalue weighted by molar-refractivity contribution is -0.195. The maximum atomic E-state index is 12.8. The van der Waals surface area contributed by atoms with Crippen LogP contribution in [-0.4, -0.2) is 22.3 Å². The quantitative estimate of drug-likeness (QED) is 0.591. The molecule has 1 heterocycles. The number of rotatable bonds is 0. The number of aliphatic imine (C=N–C) groups is 1. The number of carbonyl (C=O) groups is 1. The van der Waals surface area contributed by atoms with Gasteiger partial charge in [0.2, 0.25) is 0 Å². The number of amides is 1. The number of hydrogen-bond acceptors (Lipinski definition) is 3. The van der Waals surface area contributed by atoms with E-state index in [0.717, 1.165) is 0 Å². The Kier molecular flexibility index (Phi) is 1.82. The summed E-state index contributed by atoms with van der Waals surface area (Å²) >= 11 is -0.431. The summed E-state index contributed by atoms with van der Waals surface area (Å²) in [6.45, 7) is 0. The molecule has 0 aromatic rings. The van der Waals surface area contributed by atoms with Gasteiger partial charge in [-0.05, 0) is 11.8 Å². The van der Waals surface area contributed by atoms with Gasteiger partial charge < -0.3 is 5.73 Å². The van der Waals surface area contributed by atoms with E-state index in [9.17, 15) is 22.4 Å². The molecule has 0 fully saturated rings. The molecule has 0 bridgehead atoms. The highest BCUT2D eigenvalue weighted by atomic mass is 32.2. The summed E-state index contributed by atoms with van der Waals surface area (Å²) in [5.74, 6) is -1.91. The Morgan fingerprint density at radius 2 is 2.00 bits per heavy atom. The third-order valence-corrected chi connectivity index (χ3v) is 2.08. The molecule has 1 rings (SSSR count). The molecular weight excluding hydrogens is 200 g/mol. The fourth-order valence-electron chi connectivity index (χ4n) is 0.562. The monoisotopic (exact) mass is 202 g/mol. The minimum atomic E-state index is -5.28. The lowest BCUT2D eigenvalue weighted by Gasteiger charge is -2.17. The zero-order valence-corrected chi connectivity index (χ0v) is 6.17. The Bertz CT molecular complexity index is 262. The second-order valence-electron chi connectivity index (χ2n) is 1.95. The van der Waals surface area contributed by atoms with Gasteiger partial charge in [0.05, 0.1) is 0 Å². The summed E-state index contributed by atoms with van der Waals surface area (Å²) in [6, 6.07) is 0. The van der Waals surface area contributed by atoms with Crippen LogP contribution in [0, 0.1) is 0 Å². The Hall–Kier alpha value is -0.790. The number of halogens is 4. The van der Waals surface area contributed by atoms with Crippen LogP contribution in [0.5, 0.6) is 0 Å². The van der Waals surface area contributed by atoms with Gasteiger partial charge in [-0.3, -0.25) is 4.79 Å². The van der Waals surface area contributed by atoms with Crippen LogP contribution in [0.2, 0.25) is 0 Å². The Morgan fingerprint density at radius 1 is 1.50 bits per heavy atom. The van der Waals surface area contributed by atoms with Crippen LogP contribution in [0.3, 0.4) is 0 Å². The normalized spacial score (nSPS) is 30.7. The zero-order valence-electron chi connectivity index (χ0n) is 5.35. The van der Waals surface area contributed by atoms with Crippen LogP contribution in [0.25, 0.3) is 0 Å². The van der Waals surface area contributed by atoms with Crippen molar-refractivity contribution in [3.05, 3.63) is 0 Å². The fourth-order valence-corrected chi connectivity index (χ4v) is 1.23. The third kappa shape index (κ3) is 1.15. The zero-order chi connectivity index (χ0) is 9.57. The standard InChI is InChI=1S/C4H2F4N2OS/c5-3(4(6,7)8)1(11)10-2(9)12-3/h(H2,9,10,11)/t3-/m0/s1. The van der Waals surface area contributed by atoms with Crippen molar-refractivity contribution in [3.63, 3.8) is 0 Å². The van der Waals surface area contributed by atoms with Gasteiger partial charge in [0.25, 0.3) is 0 Å². The molecule has 3 nitrogen and oxygen atoms in total. The number of carbonyl (C=O) groups excluding carboxylic acids is 1. The first kappa shape index (κ1) is 9.30. The molecule has 1 amide bonds. The van der Waals surface area contributed by atoms with Crippen LogP contribution in [-0.2, 0) is 4.79 Å². The second kappa shape index (κ2) is 2.35. The molecule has 0 aromatic heterocycles. The van der Waals surface area contributed by atoms with Gasteiger partial charge in [-0.15, -0.1) is 0 Å². The highest BCUT2D eigenvalue weighted by molar-refractivity contribution is 8.16. The number of nitrogens with two attached hydrogens (primary N) is 1. The van der Waals surface area contributed by atoms with Crippen LogP contribution >= 0.6 is 11.8 Å². The highest BCUT2D eigenvalue weighted by Gasteiger charge is 2.66. The maximum Gasteiger partial charge on any atom is 0.442 e. The van der Waals surface area contributed by atoms with E-state index >= 15 is 0 Å². The summed E-state index contributed by atoms with van der Waals surface area (Å²) in [7, 11) is 0. The Morgan fingerprint density at radius 3 is 2.17 bits per heavy atom. The third-order valence-electron chi connectivity index (χ3n) is 1.10. The van der Waals surface area contributed by atoms with Gasteiger partial charge in [0.1, 0.15) is 0 Å². The average Bonchev–Trinajstić information content (AvgIpc) is 2.06. The molecule has 0 aromatic carbocycles. The van der Waals surface area contributed by atoms with Gasteiger partial charge in [-0.25, -0.2) is 4.39 Å². The number of alkyl halides is 4. The van der Waals surface area contributed by atoms with Crippen molar-refractivity contribution >= 4 is 22.8 Å². The first-order valence-electron chi connectivity index (χ1n) is 2.60. The molecule has 8 heteroatoms. The van der Waals surface area contributed by atoms with E-state index in [1.165, 1.54) is 0 Å². The molecule has 68 valence electrons. The van der Waals surface area contributed by atoms with Crippen molar-refractivity contribution in [3.8, 4) is 0 Å². The fraction of sp³-hybridized carbons (Fsp3) is 0.500. The van der Waals surface area contributed by atoms with Crippen molar-refractivity contribution < 1.29 is 22.4 Å². The molecule has 0 saturated heterocycles. The number of nitrogens with zero attached hydrogens (tertiary/aromatic N) is 1. The van der Waals surface area contributed by atoms with Crippen LogP contribution in [0.4, 0.5) is 17.6 Å². The van der Waals surface area contributed by atoms with E-state index in [1.807, 2.05) is 0 Å². The Labute approximate surface area is 68.0 Å². The minimum absolute atomic E-state index is 0.431. The molecule has 0 saturated carbocycles. The molecule has 0 spiro atoms. The SMILES string of the molecule is NC1=NC(=O)[C@@](F)(C(F)(F)F)S1. The summed E-state index contributed by atoms with van der Waals surface area (Å²) in [5.41, 5.74) is 4.75. The largest absolute Gasteiger partial charge is 0.442 e. The van der Waals surface area contributed by atoms with Crippen LogP contribution in [0.15, 0.2) is 4.99 Å². The van der Waals surface area contributed by atoms with Crippen molar-refractivity contribution in [1.29, 1.82) is 0 Å². The van der Waals surface area contributed by atoms with E-state index in [1.54, 1.807) is 0 Å². The van der Waals surface area contributed by atoms with Gasteiger partial charge >= 0.3 is 17.1 Å². The molecule has 1 aliphatic heterocycles. The number of thioether (sulfide) groups is 1. The van der Waals surface area contributed by atoms with Crippen molar-refractivity contribution in [2.75, 3.05) is 0 Å². The van der Waals surface area contributed by atoms with E-state index in [4.69, 9.17) is 5.73 Å². The topological polar surface area (TPSA) is 55.4 Å². The summed E-state index contributed by atoms with van der Waals surface area (Å²) in [6.07, 6.45) is -5.28. The molecule has 1 aliphatic rings. The molecule has 2 N–H and O–H groups in total. The predicted octanol–water partition coefficient (Wildman–Crippen LogP) is 0.803. The molecule has 1 atom stereocenters. The van der Waals surface area contributed by atoms with Crippen LogP contribution < -0.4 is 5.73 Å². The maximum absolute atomic E-state index is 12.8. The van der Waals surface area contributed by atoms with Gasteiger partial charge in [-0.2, -0.15) is 18.2 Å². The highest BCUT2D eigenvalue weighted by Crippen LogP contribution is 2.46. The molecule has 0 aliphatic carbocycles. The Balaban J connectivity index is 2.99. The van der Waals surface area contributed by atoms with Crippen LogP contribution in [0.1, 0.15) is 0 Å². The first-order chi connectivity index (χ1) is 5.27. The van der Waals surface area contributed by atoms with E-state index < -0.39 is 34.0 Å². The second-order valence-corrected chi connectivity index (χ2v) is 3.14. The van der Waals surface area contributed by atoms with Crippen molar-refractivity contribution in [2.24, 2.45) is 10.7 Å². The molecule has 12 heavy (non-hydrogen) atoms. The van der Waals surface area contributed by atoms with Crippen molar-refractivity contribution in [2.45, 2.75) is 11.2 Å². The number of hydrogen-bond donors (Lipinski definition) is 1. The summed E-state index contributed by atoms with van der Waals surface area (Å²) < 4.78 is 48.2. The van der Waals surface area contributed by atoms with Gasteiger partial charge in [0.15, 0.2) is 5.17 Å². The first-order valence-corrected chi connectivity index (χ1v) is 3.42. The van der Waals surface area contributed by atoms with E-state index in [0.29, 0.717) is 0 Å². The number of amidine groups is 1. The van der Waals surface area contributed by atoms with Crippen molar-refractivity contribution in [1.82, 2.24) is 0 Å². The molecule has 0 radical (unpaired) electrons. The van der Waals surface area contributed by atoms with E-state index in [-0.39, 0.29) is 0 Å². The predicted molar refractivity (Wildman–Crippen MR) is 34.1 cm³/mol. The molecule has 0 unspecified atom stereocenters. The van der Waals surface area contributed by atoms with E-state index in [2.05, 4.69) is 4.99 Å². The lowest BCUT2D eigenvalue weighted by atomic mass is 10.3. The lowest BCUT2D eigenvalue weighted by Crippen LogP contribution is -2.42. The minimum Gasteiger partial charge on any atom is -0.378 e. The average molecular weight is 202 g/mol. The molecular formula is C4H2F4N2OS. The van der Waals surface area contributed by atoms with Gasteiger partial charge in [0, 0.05) is 0 Å². The summed E-state index contributed by atoms with van der Waals surface area (Å²) in [4.78, 5) is 13.0. The smallest absolute Gasteiger partial charge is 0.378 e. The van der Waals surface area contributed by atoms with Gasteiger partial charge in [-0.1, -0.05) is 0 Å². The summed E-state index contributed by atoms with van der Waals surface area (Å²) in [5, 5.41) is -4.70.